The standard InChI is InChI=1S/C47H53N9O7/c1-23(2)38(52-46(60)62-5)44(58)54-17-7-8-36(54)42-49-22-35(50-42)27-11-15-31-30-14-10-25(19-32(30)41(57)33(31)20-27)26-12-16-34-37(21-26)56(48)43(51-34)40-28-9-13-29(18-28)55(40)45(59)39(24(3)4)53-47(61)63-6/h10-12,14-16,19-24,28-29,36,38-40H,7-9,13,17-18,48H2,1-6H3,(H,49,50)(H,52,60)(H,53,61)/t28-,29-,36+,38+,39+,40+/m1/s1. The number of aromatic amines is 1. The number of rotatable bonds is 10. The summed E-state index contributed by atoms with van der Waals surface area (Å²) in [6, 6.07) is 15.5. The van der Waals surface area contributed by atoms with Gasteiger partial charge in [0.05, 0.1) is 49.2 Å². The molecule has 2 saturated heterocycles. The fourth-order valence-electron chi connectivity index (χ4n) is 10.3. The topological polar surface area (TPSA) is 207 Å². The first-order valence-corrected chi connectivity index (χ1v) is 21.8. The first-order chi connectivity index (χ1) is 30.3. The molecule has 0 spiro atoms. The van der Waals surface area contributed by atoms with Gasteiger partial charge in [0, 0.05) is 29.3 Å². The van der Waals surface area contributed by atoms with Crippen LogP contribution in [0.5, 0.6) is 0 Å². The molecule has 16 heteroatoms. The van der Waals surface area contributed by atoms with E-state index >= 15 is 0 Å². The number of benzene rings is 3. The summed E-state index contributed by atoms with van der Waals surface area (Å²) in [6.45, 7) is 8.11. The highest BCUT2D eigenvalue weighted by Crippen LogP contribution is 2.51. The number of hydrogen-bond donors (Lipinski definition) is 4. The Hall–Kier alpha value is -6.71. The maximum Gasteiger partial charge on any atom is 0.407 e. The number of ketones is 1. The highest BCUT2D eigenvalue weighted by atomic mass is 16.5. The molecule has 4 heterocycles. The molecule has 4 amide bonds. The van der Waals surface area contributed by atoms with Crippen LogP contribution in [0.2, 0.25) is 0 Å². The molecule has 1 saturated carbocycles. The average Bonchev–Trinajstić information content (AvgIpc) is 4.16. The van der Waals surface area contributed by atoms with E-state index in [1.165, 1.54) is 14.2 Å². The highest BCUT2D eigenvalue weighted by molar-refractivity contribution is 6.22. The van der Waals surface area contributed by atoms with Gasteiger partial charge in [-0.1, -0.05) is 58.0 Å². The van der Waals surface area contributed by atoms with Crippen molar-refractivity contribution in [3.05, 3.63) is 83.6 Å². The summed E-state index contributed by atoms with van der Waals surface area (Å²) in [5.74, 6) is 7.57. The zero-order valence-corrected chi connectivity index (χ0v) is 36.3. The minimum Gasteiger partial charge on any atom is -0.453 e. The van der Waals surface area contributed by atoms with E-state index in [4.69, 9.17) is 20.3 Å². The van der Waals surface area contributed by atoms with Crippen molar-refractivity contribution >= 4 is 40.8 Å². The number of nitrogens with two attached hydrogens (primary N) is 1. The molecule has 2 aliphatic carbocycles. The molecule has 3 fully saturated rings. The van der Waals surface area contributed by atoms with Crippen LogP contribution in [0.15, 0.2) is 60.8 Å². The van der Waals surface area contributed by atoms with Gasteiger partial charge in [-0.2, -0.15) is 0 Å². The molecule has 2 aliphatic heterocycles. The minimum absolute atomic E-state index is 0.0340. The average molecular weight is 856 g/mol. The van der Waals surface area contributed by atoms with Crippen LogP contribution in [0.4, 0.5) is 9.59 Å². The molecule has 9 rings (SSSR count). The van der Waals surface area contributed by atoms with Gasteiger partial charge in [0.25, 0.3) is 0 Å². The van der Waals surface area contributed by atoms with Crippen molar-refractivity contribution in [2.45, 2.75) is 90.0 Å². The Balaban J connectivity index is 0.950. The number of alkyl carbamates (subject to hydrolysis) is 2. The molecule has 6 atom stereocenters. The van der Waals surface area contributed by atoms with E-state index in [2.05, 4.69) is 20.6 Å². The van der Waals surface area contributed by atoms with Gasteiger partial charge >= 0.3 is 12.2 Å². The Labute approximate surface area is 364 Å². The number of nitrogens with one attached hydrogen (secondary N) is 3. The van der Waals surface area contributed by atoms with E-state index in [-0.39, 0.29) is 53.5 Å². The van der Waals surface area contributed by atoms with Gasteiger partial charge in [-0.25, -0.2) is 24.2 Å². The number of hydrogen-bond acceptors (Lipinski definition) is 10. The highest BCUT2D eigenvalue weighted by Gasteiger charge is 2.52. The Morgan fingerprint density at radius 3 is 2.08 bits per heavy atom. The predicted octanol–water partition coefficient (Wildman–Crippen LogP) is 6.50. The number of nitrogens with zero attached hydrogens (tertiary/aromatic N) is 5. The summed E-state index contributed by atoms with van der Waals surface area (Å²) in [5, 5.41) is 5.43. The SMILES string of the molecule is COC(=O)N[C@H](C(=O)N1CCC[C@H]1c1ncc(-c2ccc3c(c2)C(=O)c2cc(-c4ccc5nc([C@@H]6[C@@H]7CC[C@H](C7)N6C(=O)[C@@H](NC(=O)OC)C(C)C)n(N)c5c4)ccc2-3)[nH]1)C(C)C. The number of aromatic nitrogens is 4. The van der Waals surface area contributed by atoms with Crippen molar-refractivity contribution < 1.29 is 33.4 Å². The normalized spacial score (nSPS) is 20.9. The van der Waals surface area contributed by atoms with Crippen LogP contribution >= 0.6 is 0 Å². The van der Waals surface area contributed by atoms with Gasteiger partial charge < -0.3 is 40.7 Å². The van der Waals surface area contributed by atoms with E-state index in [1.54, 1.807) is 15.8 Å². The summed E-state index contributed by atoms with van der Waals surface area (Å²) in [5.41, 5.74) is 7.52. The van der Waals surface area contributed by atoms with Crippen molar-refractivity contribution in [2.75, 3.05) is 26.6 Å². The molecular weight excluding hydrogens is 803 g/mol. The molecule has 16 nitrogen and oxygen atoms in total. The third-order valence-electron chi connectivity index (χ3n) is 13.5. The number of ether oxygens (including phenoxy) is 2. The Morgan fingerprint density at radius 1 is 0.794 bits per heavy atom. The fraction of sp³-hybridized carbons (Fsp3) is 0.426. The van der Waals surface area contributed by atoms with Crippen molar-refractivity contribution in [1.29, 1.82) is 0 Å². The van der Waals surface area contributed by atoms with Gasteiger partial charge in [0.2, 0.25) is 11.8 Å². The maximum absolute atomic E-state index is 14.1. The molecule has 0 unspecified atom stereocenters. The lowest BCUT2D eigenvalue weighted by Crippen LogP contribution is -2.54. The lowest BCUT2D eigenvalue weighted by atomic mass is 9.95. The third-order valence-corrected chi connectivity index (χ3v) is 13.5. The third kappa shape index (κ3) is 7.14. The van der Waals surface area contributed by atoms with E-state index < -0.39 is 24.3 Å². The van der Waals surface area contributed by atoms with Gasteiger partial charge in [-0.05, 0) is 96.4 Å². The molecular formula is C47H53N9O7. The fourth-order valence-corrected chi connectivity index (χ4v) is 10.3. The van der Waals surface area contributed by atoms with Crippen LogP contribution in [-0.2, 0) is 19.1 Å². The molecule has 3 aromatic carbocycles. The molecule has 4 aliphatic rings. The lowest BCUT2D eigenvalue weighted by molar-refractivity contribution is -0.139. The first-order valence-electron chi connectivity index (χ1n) is 21.8. The summed E-state index contributed by atoms with van der Waals surface area (Å²) in [6.07, 6.45) is 4.65. The summed E-state index contributed by atoms with van der Waals surface area (Å²) >= 11 is 0. The lowest BCUT2D eigenvalue weighted by Gasteiger charge is -2.37. The molecule has 2 aromatic heterocycles. The largest absolute Gasteiger partial charge is 0.453 e. The van der Waals surface area contributed by atoms with E-state index in [9.17, 15) is 24.0 Å². The van der Waals surface area contributed by atoms with Gasteiger partial charge in [-0.15, -0.1) is 0 Å². The van der Waals surface area contributed by atoms with Crippen LogP contribution in [0, 0.1) is 17.8 Å². The van der Waals surface area contributed by atoms with Gasteiger partial charge in [0.15, 0.2) is 11.6 Å². The molecule has 2 bridgehead atoms. The van der Waals surface area contributed by atoms with Crippen molar-refractivity contribution in [2.24, 2.45) is 17.8 Å². The van der Waals surface area contributed by atoms with Crippen LogP contribution < -0.4 is 16.5 Å². The van der Waals surface area contributed by atoms with E-state index in [1.807, 2.05) is 87.2 Å². The quantitative estimate of drug-likeness (QED) is 0.110. The second kappa shape index (κ2) is 16.2. The summed E-state index contributed by atoms with van der Waals surface area (Å²) < 4.78 is 11.2. The number of piperidine rings is 1. The molecule has 5 N–H and O–H groups in total. The van der Waals surface area contributed by atoms with Crippen LogP contribution in [-0.4, -0.2) is 98.1 Å². The number of nitrogen functional groups attached to an aromatic ring is 1. The van der Waals surface area contributed by atoms with Crippen LogP contribution in [0.25, 0.3) is 44.5 Å². The number of imidazole rings is 2. The first kappa shape index (κ1) is 41.6. The minimum atomic E-state index is -0.755. The smallest absolute Gasteiger partial charge is 0.407 e. The van der Waals surface area contributed by atoms with Gasteiger partial charge in [0.1, 0.15) is 17.9 Å². The Morgan fingerprint density at radius 2 is 1.41 bits per heavy atom. The zero-order chi connectivity index (χ0) is 44.4. The van der Waals surface area contributed by atoms with Crippen molar-refractivity contribution in [1.82, 2.24) is 40.1 Å². The number of fused-ring (bicyclic) bond motifs is 6. The molecule has 5 aromatic rings. The molecule has 63 heavy (non-hydrogen) atoms. The Bertz CT molecular complexity index is 2670. The number of H-pyrrole nitrogens is 1. The number of carbonyl (C=O) groups is 5. The number of carbonyl (C=O) groups excluding carboxylic acids is 5. The predicted molar refractivity (Wildman–Crippen MR) is 235 cm³/mol. The van der Waals surface area contributed by atoms with E-state index in [0.717, 1.165) is 65.6 Å². The maximum atomic E-state index is 14.1. The summed E-state index contributed by atoms with van der Waals surface area (Å²) in [7, 11) is 2.56. The van der Waals surface area contributed by atoms with Gasteiger partial charge in [-0.3, -0.25) is 14.4 Å². The molecule has 0 radical (unpaired) electrons. The monoisotopic (exact) mass is 855 g/mol. The second-order valence-corrected chi connectivity index (χ2v) is 17.9. The number of amides is 4. The van der Waals surface area contributed by atoms with Crippen molar-refractivity contribution in [3.8, 4) is 33.5 Å². The number of likely N-dealkylation sites (tertiary alicyclic amines) is 2. The van der Waals surface area contributed by atoms with Crippen molar-refractivity contribution in [3.63, 3.8) is 0 Å². The second-order valence-electron chi connectivity index (χ2n) is 17.9. The Kier molecular flexibility index (Phi) is 10.7. The summed E-state index contributed by atoms with van der Waals surface area (Å²) in [4.78, 5) is 83.0. The number of methoxy groups -OCH3 is 2. The molecule has 328 valence electrons. The van der Waals surface area contributed by atoms with E-state index in [0.29, 0.717) is 40.4 Å². The zero-order valence-electron chi connectivity index (χ0n) is 36.3. The van der Waals surface area contributed by atoms with Crippen LogP contribution in [0.3, 0.4) is 0 Å². The van der Waals surface area contributed by atoms with Crippen LogP contribution in [0.1, 0.15) is 99.5 Å².